The standard InChI is InChI=1S/C47H64N6O9S/c1-6-28-18-19-47(28,43(56)52-63(58,59)46(5)20-21-46)51-40(54)36-25-32-26-53(36)42(55)39(45(2,3)4)50-44(57)62-37-22-27(37)12-8-7-9-14-34-38(60-31-23-29-16-17-30(24-31)48-29)33-13-10-11-15-35(33)49-41(34)61-32/h6,10-11,13,15,27-32,36-37,39,48H,1,7-9,12,14,16-26H2,2-5H3,(H,50,57)(H,51,54)(H,52,56). The summed E-state index contributed by atoms with van der Waals surface area (Å²) >= 11 is 0. The first-order valence-corrected chi connectivity index (χ1v) is 24.8. The predicted molar refractivity (Wildman–Crippen MR) is 235 cm³/mol. The molecule has 4 amide bonds. The summed E-state index contributed by atoms with van der Waals surface area (Å²) in [6.45, 7) is 11.0. The second-order valence-corrected chi connectivity index (χ2v) is 23.0. The van der Waals surface area contributed by atoms with Crippen LogP contribution in [0.15, 0.2) is 36.9 Å². The number of benzene rings is 1. The number of sulfonamides is 1. The summed E-state index contributed by atoms with van der Waals surface area (Å²) < 4.78 is 47.7. The van der Waals surface area contributed by atoms with E-state index in [4.69, 9.17) is 19.2 Å². The Hall–Kier alpha value is -4.44. The van der Waals surface area contributed by atoms with E-state index in [1.165, 1.54) is 4.90 Å². The smallest absolute Gasteiger partial charge is 0.408 e. The molecule has 1 aromatic carbocycles. The van der Waals surface area contributed by atoms with E-state index in [9.17, 15) is 27.6 Å². The summed E-state index contributed by atoms with van der Waals surface area (Å²) in [5, 5.41) is 10.4. The molecule has 6 fully saturated rings. The van der Waals surface area contributed by atoms with Gasteiger partial charge in [0.15, 0.2) is 0 Å². The normalized spacial score (nSPS) is 34.0. The highest BCUT2D eigenvalue weighted by Crippen LogP contribution is 2.46. The molecule has 0 radical (unpaired) electrons. The van der Waals surface area contributed by atoms with E-state index in [1.807, 2.05) is 45.0 Å². The van der Waals surface area contributed by atoms with Crippen LogP contribution in [0, 0.1) is 17.3 Å². The highest BCUT2D eigenvalue weighted by molar-refractivity contribution is 7.91. The number of carbonyl (C=O) groups is 4. The number of pyridine rings is 1. The van der Waals surface area contributed by atoms with Gasteiger partial charge in [-0.3, -0.25) is 19.1 Å². The number of rotatable bonds is 8. The quantitative estimate of drug-likeness (QED) is 0.250. The van der Waals surface area contributed by atoms with E-state index in [0.717, 1.165) is 74.5 Å². The molecule has 342 valence electrons. The lowest BCUT2D eigenvalue weighted by molar-refractivity contribution is -0.145. The number of para-hydroxylation sites is 1. The Bertz CT molecular complexity index is 2270. The van der Waals surface area contributed by atoms with Gasteiger partial charge in [0, 0.05) is 29.8 Å². The molecule has 4 aliphatic heterocycles. The van der Waals surface area contributed by atoms with Gasteiger partial charge in [0.2, 0.25) is 27.7 Å². The van der Waals surface area contributed by atoms with Crippen molar-refractivity contribution in [3.8, 4) is 11.6 Å². The summed E-state index contributed by atoms with van der Waals surface area (Å²) in [4.78, 5) is 63.8. The largest absolute Gasteiger partial charge is 0.489 e. The van der Waals surface area contributed by atoms with Gasteiger partial charge in [-0.1, -0.05) is 51.8 Å². The van der Waals surface area contributed by atoms with Gasteiger partial charge in [-0.15, -0.1) is 6.58 Å². The Morgan fingerprint density at radius 3 is 2.41 bits per heavy atom. The van der Waals surface area contributed by atoms with Gasteiger partial charge in [0.1, 0.15) is 41.7 Å². The molecule has 0 spiro atoms. The number of amides is 4. The summed E-state index contributed by atoms with van der Waals surface area (Å²) in [5.74, 6) is -1.10. The van der Waals surface area contributed by atoms with Crippen LogP contribution in [-0.2, 0) is 35.6 Å². The van der Waals surface area contributed by atoms with Gasteiger partial charge < -0.3 is 35.1 Å². The lowest BCUT2D eigenvalue weighted by atomic mass is 9.66. The van der Waals surface area contributed by atoms with E-state index in [0.29, 0.717) is 49.2 Å². The van der Waals surface area contributed by atoms with Crippen molar-refractivity contribution in [3.63, 3.8) is 0 Å². The number of aromatic nitrogens is 1. The molecule has 63 heavy (non-hydrogen) atoms. The number of carbonyl (C=O) groups excluding carboxylic acids is 4. The number of fused-ring (bicyclic) bond motifs is 7. The summed E-state index contributed by atoms with van der Waals surface area (Å²) in [6.07, 6.45) is 10.7. The first-order chi connectivity index (χ1) is 30.0. The predicted octanol–water partition coefficient (Wildman–Crippen LogP) is 5.34. The fourth-order valence-electron chi connectivity index (χ4n) is 10.6. The average Bonchev–Trinajstić information content (AvgIpc) is 4.08. The zero-order valence-electron chi connectivity index (χ0n) is 37.1. The molecule has 16 heteroatoms. The molecular weight excluding hydrogens is 825 g/mol. The fraction of sp³-hybridized carbons (Fsp3) is 0.681. The number of hydrogen-bond acceptors (Lipinski definition) is 11. The van der Waals surface area contributed by atoms with Crippen LogP contribution < -0.4 is 30.1 Å². The van der Waals surface area contributed by atoms with Crippen molar-refractivity contribution in [2.45, 2.75) is 177 Å². The Morgan fingerprint density at radius 2 is 1.73 bits per heavy atom. The molecule has 1 aromatic heterocycles. The molecule has 3 saturated carbocycles. The van der Waals surface area contributed by atoms with Crippen LogP contribution in [0.4, 0.5) is 4.79 Å². The van der Waals surface area contributed by atoms with E-state index >= 15 is 0 Å². The maximum absolute atomic E-state index is 15.0. The second kappa shape index (κ2) is 16.5. The molecule has 15 nitrogen and oxygen atoms in total. The first-order valence-electron chi connectivity index (χ1n) is 23.3. The molecule has 9 atom stereocenters. The lowest BCUT2D eigenvalue weighted by Crippen LogP contribution is -2.70. The minimum absolute atomic E-state index is 0.0215. The molecule has 2 aromatic rings. The van der Waals surface area contributed by atoms with Gasteiger partial charge in [-0.05, 0) is 107 Å². The highest BCUT2D eigenvalue weighted by atomic mass is 32.2. The van der Waals surface area contributed by atoms with Crippen LogP contribution in [0.2, 0.25) is 0 Å². The van der Waals surface area contributed by atoms with Crippen molar-refractivity contribution in [2.24, 2.45) is 17.3 Å². The van der Waals surface area contributed by atoms with E-state index in [1.54, 1.807) is 13.0 Å². The van der Waals surface area contributed by atoms with Gasteiger partial charge >= 0.3 is 6.09 Å². The van der Waals surface area contributed by atoms with Crippen molar-refractivity contribution >= 4 is 44.7 Å². The number of hydrogen-bond donors (Lipinski definition) is 4. The molecule has 9 unspecified atom stereocenters. The zero-order valence-corrected chi connectivity index (χ0v) is 37.9. The highest BCUT2D eigenvalue weighted by Gasteiger charge is 2.58. The first kappa shape index (κ1) is 43.8. The Labute approximate surface area is 370 Å². The third kappa shape index (κ3) is 8.62. The van der Waals surface area contributed by atoms with E-state index < -0.39 is 73.6 Å². The topological polar surface area (TPSA) is 194 Å². The molecular formula is C47H64N6O9S. The van der Waals surface area contributed by atoms with Crippen LogP contribution in [0.3, 0.4) is 0 Å². The van der Waals surface area contributed by atoms with E-state index in [-0.39, 0.29) is 37.5 Å². The minimum atomic E-state index is -4.03. The Kier molecular flexibility index (Phi) is 11.5. The van der Waals surface area contributed by atoms with Gasteiger partial charge in [0.25, 0.3) is 5.91 Å². The SMILES string of the molecule is C=CC1CCC1(NC(=O)C1CC2CN1C(=O)C(C(C)(C)C)NC(=O)OC1CC1CCCCCc1c(nc3ccccc3c1OC1CC3CCC(C1)N3)O2)C(=O)NS(=O)(=O)C1(C)CC1. The number of nitrogens with one attached hydrogen (secondary N) is 4. The molecule has 4 N–H and O–H groups in total. The van der Waals surface area contributed by atoms with Crippen molar-refractivity contribution in [1.82, 2.24) is 30.6 Å². The molecule has 3 aliphatic carbocycles. The van der Waals surface area contributed by atoms with Crippen molar-refractivity contribution in [2.75, 3.05) is 6.54 Å². The Balaban J connectivity index is 1.07. The number of nitrogens with zero attached hydrogens (tertiary/aromatic N) is 2. The van der Waals surface area contributed by atoms with E-state index in [2.05, 4.69) is 27.3 Å². The summed E-state index contributed by atoms with van der Waals surface area (Å²) in [6, 6.07) is 6.52. The maximum Gasteiger partial charge on any atom is 0.408 e. The van der Waals surface area contributed by atoms with Crippen molar-refractivity contribution < 1.29 is 41.8 Å². The lowest BCUT2D eigenvalue weighted by Gasteiger charge is -2.47. The van der Waals surface area contributed by atoms with Crippen LogP contribution in [0.5, 0.6) is 11.6 Å². The molecule has 7 aliphatic rings. The minimum Gasteiger partial charge on any atom is -0.489 e. The van der Waals surface area contributed by atoms with Crippen LogP contribution in [0.25, 0.3) is 10.9 Å². The van der Waals surface area contributed by atoms with Crippen molar-refractivity contribution in [3.05, 3.63) is 42.5 Å². The number of piperidine rings is 1. The maximum atomic E-state index is 15.0. The van der Waals surface area contributed by atoms with Crippen molar-refractivity contribution in [1.29, 1.82) is 0 Å². The molecule has 4 bridgehead atoms. The third-order valence-electron chi connectivity index (χ3n) is 15.1. The average molecular weight is 889 g/mol. The van der Waals surface area contributed by atoms with Gasteiger partial charge in [-0.25, -0.2) is 18.2 Å². The van der Waals surface area contributed by atoms with Crippen LogP contribution in [0.1, 0.15) is 123 Å². The third-order valence-corrected chi connectivity index (χ3v) is 17.2. The molecule has 9 rings (SSSR count). The summed E-state index contributed by atoms with van der Waals surface area (Å²) in [7, 11) is -4.03. The van der Waals surface area contributed by atoms with Gasteiger partial charge in [-0.2, -0.15) is 0 Å². The second-order valence-electron chi connectivity index (χ2n) is 20.8. The molecule has 5 heterocycles. The van der Waals surface area contributed by atoms with Gasteiger partial charge in [0.05, 0.1) is 22.4 Å². The van der Waals surface area contributed by atoms with Crippen LogP contribution >= 0.6 is 0 Å². The summed E-state index contributed by atoms with van der Waals surface area (Å²) in [5.41, 5.74) is -0.826. The Morgan fingerprint density at radius 1 is 0.984 bits per heavy atom. The number of alkyl carbamates (subject to hydrolysis) is 1. The zero-order chi connectivity index (χ0) is 44.5. The van der Waals surface area contributed by atoms with Crippen LogP contribution in [-0.4, -0.2) is 101 Å². The monoisotopic (exact) mass is 888 g/mol. The fourth-order valence-corrected chi connectivity index (χ4v) is 11.9. The molecule has 3 saturated heterocycles. The number of ether oxygens (including phenoxy) is 3.